The van der Waals surface area contributed by atoms with Crippen LogP contribution in [0.2, 0.25) is 0 Å². The van der Waals surface area contributed by atoms with E-state index in [1.165, 1.54) is 12.1 Å². The van der Waals surface area contributed by atoms with Crippen LogP contribution < -0.4 is 10.2 Å². The predicted octanol–water partition coefficient (Wildman–Crippen LogP) is 3.48. The van der Waals surface area contributed by atoms with Gasteiger partial charge in [0.1, 0.15) is 5.70 Å². The molecular weight excluding hydrogens is 343 g/mol. The van der Waals surface area contributed by atoms with Crippen LogP contribution in [0.25, 0.3) is 11.1 Å². The summed E-state index contributed by atoms with van der Waals surface area (Å²) >= 11 is 0. The van der Waals surface area contributed by atoms with Crippen LogP contribution in [-0.2, 0) is 0 Å². The van der Waals surface area contributed by atoms with Crippen LogP contribution in [0.4, 0.5) is 18.9 Å². The van der Waals surface area contributed by atoms with Gasteiger partial charge in [0.2, 0.25) is 5.78 Å². The lowest BCUT2D eigenvalue weighted by atomic mass is 9.96. The molecule has 2 aromatic rings. The van der Waals surface area contributed by atoms with Gasteiger partial charge in [0.25, 0.3) is 0 Å². The highest BCUT2D eigenvalue weighted by molar-refractivity contribution is 6.21. The largest absolute Gasteiger partial charge is 0.389 e. The van der Waals surface area contributed by atoms with Crippen molar-refractivity contribution < 1.29 is 18.0 Å². The second-order valence-corrected chi connectivity index (χ2v) is 6.07. The number of carbonyl (C=O) groups is 1. The smallest absolute Gasteiger partial charge is 0.213 e. The van der Waals surface area contributed by atoms with Crippen LogP contribution in [0, 0.1) is 28.8 Å². The molecule has 2 aromatic carbocycles. The van der Waals surface area contributed by atoms with Gasteiger partial charge in [-0.05, 0) is 30.7 Å². The molecule has 0 saturated heterocycles. The number of halogens is 3. The molecular formula is C19H12F3N3O. The molecule has 2 heterocycles. The Morgan fingerprint density at radius 2 is 1.85 bits per heavy atom. The van der Waals surface area contributed by atoms with E-state index in [0.29, 0.717) is 24.5 Å². The SMILES string of the molecule is N#Cc1cc2c(c(-c3ccc(F)c(F)c3F)c1)N1CCCNC=C1C2=O. The molecule has 26 heavy (non-hydrogen) atoms. The van der Waals surface area contributed by atoms with Crippen molar-refractivity contribution in [3.05, 3.63) is 64.7 Å². The van der Waals surface area contributed by atoms with Crippen LogP contribution in [-0.4, -0.2) is 18.9 Å². The summed E-state index contributed by atoms with van der Waals surface area (Å²) in [5.41, 5.74) is 1.18. The Morgan fingerprint density at radius 1 is 1.08 bits per heavy atom. The molecule has 7 heteroatoms. The number of Topliss-reactive ketones (excluding diaryl/α,β-unsaturated/α-hetero) is 1. The summed E-state index contributed by atoms with van der Waals surface area (Å²) in [6.07, 6.45) is 2.32. The average Bonchev–Trinajstić information content (AvgIpc) is 2.81. The van der Waals surface area contributed by atoms with Crippen molar-refractivity contribution in [3.63, 3.8) is 0 Å². The fourth-order valence-electron chi connectivity index (χ4n) is 3.37. The van der Waals surface area contributed by atoms with E-state index in [1.54, 1.807) is 11.1 Å². The van der Waals surface area contributed by atoms with E-state index >= 15 is 0 Å². The van der Waals surface area contributed by atoms with Gasteiger partial charge in [-0.1, -0.05) is 0 Å². The highest BCUT2D eigenvalue weighted by Crippen LogP contribution is 2.44. The topological polar surface area (TPSA) is 56.1 Å². The summed E-state index contributed by atoms with van der Waals surface area (Å²) in [7, 11) is 0. The van der Waals surface area contributed by atoms with Crippen molar-refractivity contribution in [3.8, 4) is 17.2 Å². The van der Waals surface area contributed by atoms with Gasteiger partial charge in [0.05, 0.1) is 17.3 Å². The van der Waals surface area contributed by atoms with E-state index in [-0.39, 0.29) is 28.0 Å². The molecule has 0 saturated carbocycles. The van der Waals surface area contributed by atoms with Crippen molar-refractivity contribution in [1.29, 1.82) is 5.26 Å². The molecule has 4 nitrogen and oxygen atoms in total. The van der Waals surface area contributed by atoms with Crippen LogP contribution in [0.1, 0.15) is 22.3 Å². The normalized spacial score (nSPS) is 15.5. The molecule has 0 atom stereocenters. The molecule has 0 bridgehead atoms. The van der Waals surface area contributed by atoms with Gasteiger partial charge in [-0.15, -0.1) is 0 Å². The molecule has 0 aliphatic carbocycles. The summed E-state index contributed by atoms with van der Waals surface area (Å²) in [5.74, 6) is -4.53. The number of nitrogens with zero attached hydrogens (tertiary/aromatic N) is 2. The molecule has 0 radical (unpaired) electrons. The van der Waals surface area contributed by atoms with E-state index in [4.69, 9.17) is 0 Å². The van der Waals surface area contributed by atoms with Gasteiger partial charge in [-0.2, -0.15) is 5.26 Å². The first-order valence-corrected chi connectivity index (χ1v) is 8.00. The first kappa shape index (κ1) is 16.2. The molecule has 0 amide bonds. The maximum Gasteiger partial charge on any atom is 0.213 e. The van der Waals surface area contributed by atoms with Crippen LogP contribution in [0.15, 0.2) is 36.2 Å². The van der Waals surface area contributed by atoms with Crippen LogP contribution >= 0.6 is 0 Å². The number of nitriles is 1. The fraction of sp³-hybridized carbons (Fsp3) is 0.158. The van der Waals surface area contributed by atoms with Crippen molar-refractivity contribution in [2.75, 3.05) is 18.0 Å². The Labute approximate surface area is 147 Å². The molecule has 4 rings (SSSR count). The first-order valence-electron chi connectivity index (χ1n) is 8.00. The zero-order valence-corrected chi connectivity index (χ0v) is 13.4. The Morgan fingerprint density at radius 3 is 2.62 bits per heavy atom. The van der Waals surface area contributed by atoms with Gasteiger partial charge in [0, 0.05) is 36.0 Å². The Bertz CT molecular complexity index is 1020. The van der Waals surface area contributed by atoms with Crippen molar-refractivity contribution in [2.45, 2.75) is 6.42 Å². The van der Waals surface area contributed by atoms with Crippen LogP contribution in [0.3, 0.4) is 0 Å². The standard InChI is InChI=1S/C19H12F3N3O/c20-14-3-2-11(16(21)17(14)22)12-6-10(8-23)7-13-18(12)25-5-1-4-24-9-15(25)19(13)26/h2-3,6-7,9,24H,1,4-5H2. The number of anilines is 1. The molecule has 2 aliphatic heterocycles. The minimum Gasteiger partial charge on any atom is -0.389 e. The number of hydrogen-bond acceptors (Lipinski definition) is 4. The average molecular weight is 355 g/mol. The Hall–Kier alpha value is -3.27. The number of rotatable bonds is 1. The highest BCUT2D eigenvalue weighted by Gasteiger charge is 2.36. The number of benzene rings is 2. The summed E-state index contributed by atoms with van der Waals surface area (Å²) in [5, 5.41) is 12.3. The van der Waals surface area contributed by atoms with Crippen molar-refractivity contribution in [1.82, 2.24) is 5.32 Å². The summed E-state index contributed by atoms with van der Waals surface area (Å²) in [6.45, 7) is 1.18. The third kappa shape index (κ3) is 2.26. The van der Waals surface area contributed by atoms with Crippen molar-refractivity contribution in [2.24, 2.45) is 0 Å². The molecule has 1 N–H and O–H groups in total. The quantitative estimate of drug-likeness (QED) is 0.796. The van der Waals surface area contributed by atoms with Gasteiger partial charge in [0.15, 0.2) is 17.5 Å². The Kier molecular flexibility index (Phi) is 3.69. The molecule has 0 spiro atoms. The predicted molar refractivity (Wildman–Crippen MR) is 88.8 cm³/mol. The van der Waals surface area contributed by atoms with Crippen molar-refractivity contribution >= 4 is 11.5 Å². The minimum absolute atomic E-state index is 0.141. The molecule has 0 aromatic heterocycles. The molecule has 130 valence electrons. The number of hydrogen-bond donors (Lipinski definition) is 1. The second-order valence-electron chi connectivity index (χ2n) is 6.07. The third-order valence-corrected chi connectivity index (χ3v) is 4.54. The lowest BCUT2D eigenvalue weighted by Gasteiger charge is -2.21. The lowest BCUT2D eigenvalue weighted by Crippen LogP contribution is -2.21. The van der Waals surface area contributed by atoms with E-state index < -0.39 is 17.5 Å². The van der Waals surface area contributed by atoms with Gasteiger partial charge in [-0.3, -0.25) is 4.79 Å². The zero-order chi connectivity index (χ0) is 18.4. The maximum absolute atomic E-state index is 14.4. The van der Waals surface area contributed by atoms with E-state index in [9.17, 15) is 23.2 Å². The number of allylic oxidation sites excluding steroid dienone is 1. The Balaban J connectivity index is 2.03. The van der Waals surface area contributed by atoms with Crippen LogP contribution in [0.5, 0.6) is 0 Å². The zero-order valence-electron chi connectivity index (χ0n) is 13.4. The highest BCUT2D eigenvalue weighted by atomic mass is 19.2. The molecule has 2 aliphatic rings. The van der Waals surface area contributed by atoms with Gasteiger partial charge >= 0.3 is 0 Å². The maximum atomic E-state index is 14.4. The van der Waals surface area contributed by atoms with E-state index in [1.807, 2.05) is 6.07 Å². The number of fused-ring (bicyclic) bond motifs is 3. The number of ketones is 1. The lowest BCUT2D eigenvalue weighted by molar-refractivity contribution is 0.103. The molecule has 0 unspecified atom stereocenters. The minimum atomic E-state index is -1.59. The summed E-state index contributed by atoms with van der Waals surface area (Å²) in [6, 6.07) is 6.71. The van der Waals surface area contributed by atoms with E-state index in [0.717, 1.165) is 18.6 Å². The first-order chi connectivity index (χ1) is 12.5. The summed E-state index contributed by atoms with van der Waals surface area (Å²) < 4.78 is 41.5. The van der Waals surface area contributed by atoms with Gasteiger partial charge in [-0.25, -0.2) is 13.2 Å². The monoisotopic (exact) mass is 355 g/mol. The molecule has 0 fully saturated rings. The van der Waals surface area contributed by atoms with E-state index in [2.05, 4.69) is 5.32 Å². The number of carbonyl (C=O) groups excluding carboxylic acids is 1. The summed E-state index contributed by atoms with van der Waals surface area (Å²) in [4.78, 5) is 14.5. The fourth-order valence-corrected chi connectivity index (χ4v) is 3.37. The number of nitrogens with one attached hydrogen (secondary N) is 1. The van der Waals surface area contributed by atoms with Gasteiger partial charge < -0.3 is 10.2 Å². The second kappa shape index (κ2) is 5.92. The third-order valence-electron chi connectivity index (χ3n) is 4.54.